The fraction of sp³-hybridized carbons (Fsp3) is 0.387. The van der Waals surface area contributed by atoms with E-state index >= 15 is 0 Å². The summed E-state index contributed by atoms with van der Waals surface area (Å²) in [5.41, 5.74) is 3.65. The van der Waals surface area contributed by atoms with Crippen LogP contribution in [-0.4, -0.2) is 41.4 Å². The minimum atomic E-state index is -0.526. The van der Waals surface area contributed by atoms with Crippen molar-refractivity contribution in [2.75, 3.05) is 19.7 Å². The van der Waals surface area contributed by atoms with Crippen molar-refractivity contribution in [1.29, 1.82) is 0 Å². The lowest BCUT2D eigenvalue weighted by molar-refractivity contribution is 0.0179. The Bertz CT molecular complexity index is 1130. The van der Waals surface area contributed by atoms with Crippen LogP contribution in [0.2, 0.25) is 0 Å². The van der Waals surface area contributed by atoms with Crippen molar-refractivity contribution in [3.63, 3.8) is 0 Å². The second-order valence-electron chi connectivity index (χ2n) is 10.5. The van der Waals surface area contributed by atoms with Crippen molar-refractivity contribution < 1.29 is 19.4 Å². The summed E-state index contributed by atoms with van der Waals surface area (Å²) in [6.07, 6.45) is 1.82. The molecule has 1 saturated heterocycles. The summed E-state index contributed by atoms with van der Waals surface area (Å²) >= 11 is 0. The highest BCUT2D eigenvalue weighted by molar-refractivity contribution is 5.68. The van der Waals surface area contributed by atoms with Gasteiger partial charge in [-0.1, -0.05) is 72.8 Å². The van der Waals surface area contributed by atoms with Gasteiger partial charge in [0, 0.05) is 30.7 Å². The molecule has 1 heterocycles. The Kier molecular flexibility index (Phi) is 8.00. The number of benzene rings is 3. The number of aliphatic hydroxyl groups is 1. The van der Waals surface area contributed by atoms with Gasteiger partial charge in [-0.05, 0) is 62.8 Å². The molecule has 0 radical (unpaired) electrons. The number of amides is 1. The third-order valence-corrected chi connectivity index (χ3v) is 6.79. The molecular weight excluding hydrogens is 450 g/mol. The molecule has 1 N–H and O–H groups in total. The van der Waals surface area contributed by atoms with E-state index in [9.17, 15) is 9.90 Å². The van der Waals surface area contributed by atoms with E-state index in [2.05, 4.69) is 42.5 Å². The summed E-state index contributed by atoms with van der Waals surface area (Å²) in [6.45, 7) is 7.43. The Labute approximate surface area is 214 Å². The van der Waals surface area contributed by atoms with Gasteiger partial charge in [0.25, 0.3) is 0 Å². The predicted octanol–water partition coefficient (Wildman–Crippen LogP) is 6.12. The van der Waals surface area contributed by atoms with Crippen molar-refractivity contribution in [2.45, 2.75) is 57.7 Å². The summed E-state index contributed by atoms with van der Waals surface area (Å²) in [5, 5.41) is 9.62. The van der Waals surface area contributed by atoms with Gasteiger partial charge in [0.1, 0.15) is 18.0 Å². The molecule has 0 saturated carbocycles. The van der Waals surface area contributed by atoms with Gasteiger partial charge < -0.3 is 19.5 Å². The average Bonchev–Trinajstić information content (AvgIpc) is 2.88. The number of nitrogens with zero attached hydrogens (tertiary/aromatic N) is 1. The van der Waals surface area contributed by atoms with Crippen molar-refractivity contribution >= 4 is 6.09 Å². The van der Waals surface area contributed by atoms with Crippen molar-refractivity contribution in [1.82, 2.24) is 4.90 Å². The number of likely N-dealkylation sites (tertiary alicyclic amines) is 1. The molecule has 5 nitrogen and oxygen atoms in total. The zero-order valence-electron chi connectivity index (χ0n) is 21.6. The van der Waals surface area contributed by atoms with Crippen LogP contribution in [0.5, 0.6) is 5.75 Å². The third-order valence-electron chi connectivity index (χ3n) is 6.79. The van der Waals surface area contributed by atoms with E-state index < -0.39 is 5.60 Å². The molecule has 5 heteroatoms. The van der Waals surface area contributed by atoms with Crippen LogP contribution in [0.15, 0.2) is 78.9 Å². The minimum absolute atomic E-state index is 0.0917. The van der Waals surface area contributed by atoms with E-state index in [4.69, 9.17) is 9.47 Å². The Morgan fingerprint density at radius 3 is 2.17 bits per heavy atom. The van der Waals surface area contributed by atoms with E-state index in [1.165, 1.54) is 5.56 Å². The molecule has 1 amide bonds. The number of rotatable bonds is 7. The van der Waals surface area contributed by atoms with E-state index in [1.807, 2.05) is 62.1 Å². The lowest BCUT2D eigenvalue weighted by Gasteiger charge is -2.43. The predicted molar refractivity (Wildman–Crippen MR) is 142 cm³/mol. The van der Waals surface area contributed by atoms with Crippen LogP contribution in [-0.2, 0) is 23.2 Å². The Morgan fingerprint density at radius 1 is 0.917 bits per heavy atom. The maximum absolute atomic E-state index is 12.8. The molecule has 3 aromatic carbocycles. The fourth-order valence-corrected chi connectivity index (χ4v) is 4.97. The molecule has 1 aliphatic rings. The molecular formula is C31H37NO4. The molecule has 0 atom stereocenters. The molecule has 1 aliphatic heterocycles. The first-order valence-electron chi connectivity index (χ1n) is 12.8. The molecule has 0 spiro atoms. The molecule has 190 valence electrons. The van der Waals surface area contributed by atoms with Crippen LogP contribution >= 0.6 is 0 Å². The first kappa shape index (κ1) is 25.8. The summed E-state index contributed by atoms with van der Waals surface area (Å²) in [6, 6.07) is 26.9. The number of carbonyl (C=O) groups excluding carboxylic acids is 1. The number of aliphatic hydroxyl groups excluding tert-OH is 1. The van der Waals surface area contributed by atoms with Gasteiger partial charge in [0.05, 0.1) is 0 Å². The van der Waals surface area contributed by atoms with Crippen LogP contribution in [0.25, 0.3) is 0 Å². The quantitative estimate of drug-likeness (QED) is 0.436. The maximum Gasteiger partial charge on any atom is 0.410 e. The standard InChI is InChI=1S/C31H37NO4/c1-30(2,3)36-29(34)32-19-17-31(18-20-32,26-12-8-5-9-13-26)27-22-24(16-21-33)14-15-28(27)35-23-25-10-6-4-7-11-25/h4-15,22,33H,16-21,23H2,1-3H3. The Balaban J connectivity index is 1.70. The zero-order chi connectivity index (χ0) is 25.6. The molecule has 1 fully saturated rings. The summed E-state index contributed by atoms with van der Waals surface area (Å²) in [7, 11) is 0. The Hall–Kier alpha value is -3.31. The largest absolute Gasteiger partial charge is 0.489 e. The van der Waals surface area contributed by atoms with Crippen LogP contribution in [0, 0.1) is 0 Å². The summed E-state index contributed by atoms with van der Waals surface area (Å²) < 4.78 is 12.1. The molecule has 36 heavy (non-hydrogen) atoms. The number of carbonyl (C=O) groups is 1. The highest BCUT2D eigenvalue weighted by Crippen LogP contribution is 2.46. The maximum atomic E-state index is 12.8. The normalized spacial score (nSPS) is 15.4. The van der Waals surface area contributed by atoms with E-state index in [0.717, 1.165) is 35.3 Å². The number of piperidine rings is 1. The van der Waals surface area contributed by atoms with Gasteiger partial charge in [-0.3, -0.25) is 0 Å². The van der Waals surface area contributed by atoms with Crippen molar-refractivity contribution in [3.05, 3.63) is 101 Å². The van der Waals surface area contributed by atoms with E-state index in [0.29, 0.717) is 26.1 Å². The van der Waals surface area contributed by atoms with Gasteiger partial charge in [-0.25, -0.2) is 4.79 Å². The topological polar surface area (TPSA) is 59.0 Å². The Morgan fingerprint density at radius 2 is 1.56 bits per heavy atom. The monoisotopic (exact) mass is 487 g/mol. The van der Waals surface area contributed by atoms with Crippen molar-refractivity contribution in [3.8, 4) is 5.75 Å². The summed E-state index contributed by atoms with van der Waals surface area (Å²) in [5.74, 6) is 0.843. The third kappa shape index (κ3) is 6.08. The van der Waals surface area contributed by atoms with Gasteiger partial charge in [-0.2, -0.15) is 0 Å². The fourth-order valence-electron chi connectivity index (χ4n) is 4.97. The van der Waals surface area contributed by atoms with Crippen LogP contribution in [0.1, 0.15) is 55.9 Å². The van der Waals surface area contributed by atoms with Crippen LogP contribution < -0.4 is 4.74 Å². The molecule has 0 unspecified atom stereocenters. The number of hydrogen-bond donors (Lipinski definition) is 1. The van der Waals surface area contributed by atoms with Crippen molar-refractivity contribution in [2.24, 2.45) is 0 Å². The minimum Gasteiger partial charge on any atom is -0.489 e. The second kappa shape index (κ2) is 11.2. The van der Waals surface area contributed by atoms with Gasteiger partial charge >= 0.3 is 6.09 Å². The lowest BCUT2D eigenvalue weighted by atomic mass is 9.67. The molecule has 0 aliphatic carbocycles. The molecule has 0 bridgehead atoms. The molecule has 4 rings (SSSR count). The SMILES string of the molecule is CC(C)(C)OC(=O)N1CCC(c2ccccc2)(c2cc(CCO)ccc2OCc2ccccc2)CC1. The van der Waals surface area contributed by atoms with E-state index in [1.54, 1.807) is 0 Å². The van der Waals surface area contributed by atoms with Crippen LogP contribution in [0.3, 0.4) is 0 Å². The second-order valence-corrected chi connectivity index (χ2v) is 10.5. The summed E-state index contributed by atoms with van der Waals surface area (Å²) in [4.78, 5) is 14.6. The molecule has 0 aromatic heterocycles. The lowest BCUT2D eigenvalue weighted by Crippen LogP contribution is -2.47. The highest BCUT2D eigenvalue weighted by atomic mass is 16.6. The van der Waals surface area contributed by atoms with Crippen LogP contribution in [0.4, 0.5) is 4.79 Å². The van der Waals surface area contributed by atoms with E-state index in [-0.39, 0.29) is 18.1 Å². The number of hydrogen-bond acceptors (Lipinski definition) is 4. The molecule has 3 aromatic rings. The first-order chi connectivity index (χ1) is 17.3. The average molecular weight is 488 g/mol. The van der Waals surface area contributed by atoms with Gasteiger partial charge in [-0.15, -0.1) is 0 Å². The van der Waals surface area contributed by atoms with Gasteiger partial charge in [0.2, 0.25) is 0 Å². The van der Waals surface area contributed by atoms with Gasteiger partial charge in [0.15, 0.2) is 0 Å². The number of ether oxygens (including phenoxy) is 2. The zero-order valence-corrected chi connectivity index (χ0v) is 21.6. The highest BCUT2D eigenvalue weighted by Gasteiger charge is 2.41. The first-order valence-corrected chi connectivity index (χ1v) is 12.8. The smallest absolute Gasteiger partial charge is 0.410 e.